The van der Waals surface area contributed by atoms with E-state index in [0.29, 0.717) is 0 Å². The summed E-state index contributed by atoms with van der Waals surface area (Å²) in [5.74, 6) is 1.08. The van der Waals surface area contributed by atoms with Crippen LogP contribution in [0.1, 0.15) is 12.0 Å². The van der Waals surface area contributed by atoms with Crippen molar-refractivity contribution in [1.29, 1.82) is 0 Å². The van der Waals surface area contributed by atoms with Crippen molar-refractivity contribution >= 4 is 17.4 Å². The summed E-state index contributed by atoms with van der Waals surface area (Å²) in [5.41, 5.74) is 7.82. The highest BCUT2D eigenvalue weighted by molar-refractivity contribution is 7.99. The molecule has 0 atom stereocenters. The maximum Gasteiger partial charge on any atom is 0.0470 e. The van der Waals surface area contributed by atoms with Gasteiger partial charge in [-0.25, -0.2) is 0 Å². The predicted octanol–water partition coefficient (Wildman–Crippen LogP) is 2.71. The maximum atomic E-state index is 5.75. The molecule has 78 valence electrons. The lowest BCUT2D eigenvalue weighted by Crippen LogP contribution is -1.91. The van der Waals surface area contributed by atoms with Gasteiger partial charge >= 0.3 is 0 Å². The van der Waals surface area contributed by atoms with Crippen molar-refractivity contribution in [2.45, 2.75) is 18.2 Å². The second-order valence-corrected chi connectivity index (χ2v) is 4.44. The number of methoxy groups -OCH3 is 1. The van der Waals surface area contributed by atoms with Gasteiger partial charge in [0.05, 0.1) is 0 Å². The Labute approximate surface area is 89.8 Å². The molecule has 3 heteroatoms. The molecule has 0 aliphatic rings. The maximum absolute atomic E-state index is 5.75. The van der Waals surface area contributed by atoms with E-state index in [1.165, 1.54) is 10.5 Å². The molecule has 1 aromatic carbocycles. The van der Waals surface area contributed by atoms with Crippen molar-refractivity contribution in [2.24, 2.45) is 0 Å². The van der Waals surface area contributed by atoms with Crippen molar-refractivity contribution in [2.75, 3.05) is 25.2 Å². The molecule has 0 spiro atoms. The molecule has 1 rings (SSSR count). The Hall–Kier alpha value is -0.670. The first-order valence-corrected chi connectivity index (χ1v) is 5.70. The monoisotopic (exact) mass is 211 g/mol. The van der Waals surface area contributed by atoms with Crippen LogP contribution in [0.15, 0.2) is 23.1 Å². The fraction of sp³-hybridized carbons (Fsp3) is 0.455. The third-order valence-corrected chi connectivity index (χ3v) is 2.90. The second-order valence-electron chi connectivity index (χ2n) is 3.27. The summed E-state index contributed by atoms with van der Waals surface area (Å²) >= 11 is 1.83. The topological polar surface area (TPSA) is 35.2 Å². The molecule has 0 unspecified atom stereocenters. The van der Waals surface area contributed by atoms with Gasteiger partial charge in [0.25, 0.3) is 0 Å². The van der Waals surface area contributed by atoms with Gasteiger partial charge in [-0.15, -0.1) is 11.8 Å². The van der Waals surface area contributed by atoms with E-state index in [9.17, 15) is 0 Å². The number of nitrogen functional groups attached to an aromatic ring is 1. The summed E-state index contributed by atoms with van der Waals surface area (Å²) in [7, 11) is 1.73. The van der Waals surface area contributed by atoms with Crippen LogP contribution in [0.2, 0.25) is 0 Å². The van der Waals surface area contributed by atoms with E-state index in [-0.39, 0.29) is 0 Å². The molecule has 1 aromatic rings. The Morgan fingerprint density at radius 3 is 2.79 bits per heavy atom. The zero-order valence-corrected chi connectivity index (χ0v) is 9.56. The third kappa shape index (κ3) is 4.03. The van der Waals surface area contributed by atoms with Crippen LogP contribution >= 0.6 is 11.8 Å². The highest BCUT2D eigenvalue weighted by Crippen LogP contribution is 2.22. The number of hydrogen-bond donors (Lipinski definition) is 1. The Bertz CT molecular complexity index is 268. The molecule has 0 aromatic heterocycles. The minimum atomic E-state index is 0.828. The Morgan fingerprint density at radius 1 is 1.36 bits per heavy atom. The second kappa shape index (κ2) is 5.94. The molecular weight excluding hydrogens is 194 g/mol. The molecule has 2 N–H and O–H groups in total. The van der Waals surface area contributed by atoms with E-state index in [2.05, 4.69) is 13.0 Å². The number of benzene rings is 1. The van der Waals surface area contributed by atoms with Gasteiger partial charge in [-0.1, -0.05) is 0 Å². The van der Waals surface area contributed by atoms with Gasteiger partial charge in [-0.2, -0.15) is 0 Å². The van der Waals surface area contributed by atoms with Crippen LogP contribution in [0.3, 0.4) is 0 Å². The molecule has 0 saturated carbocycles. The molecule has 0 bridgehead atoms. The zero-order chi connectivity index (χ0) is 10.4. The normalized spacial score (nSPS) is 10.4. The van der Waals surface area contributed by atoms with E-state index in [1.54, 1.807) is 7.11 Å². The third-order valence-electron chi connectivity index (χ3n) is 1.83. The number of anilines is 1. The number of nitrogens with two attached hydrogens (primary N) is 1. The number of ether oxygens (including phenoxy) is 1. The van der Waals surface area contributed by atoms with Gasteiger partial charge in [0, 0.05) is 30.1 Å². The summed E-state index contributed by atoms with van der Waals surface area (Å²) in [6.07, 6.45) is 1.08. The van der Waals surface area contributed by atoms with Gasteiger partial charge in [-0.05, 0) is 37.1 Å². The fourth-order valence-corrected chi connectivity index (χ4v) is 2.24. The summed E-state index contributed by atoms with van der Waals surface area (Å²) < 4.78 is 4.99. The van der Waals surface area contributed by atoms with Gasteiger partial charge in [-0.3, -0.25) is 0 Å². The van der Waals surface area contributed by atoms with Crippen LogP contribution < -0.4 is 5.73 Å². The Morgan fingerprint density at radius 2 is 2.14 bits per heavy atom. The molecule has 0 aliphatic heterocycles. The molecule has 0 heterocycles. The van der Waals surface area contributed by atoms with Crippen LogP contribution in [-0.4, -0.2) is 19.5 Å². The molecule has 0 aliphatic carbocycles. The van der Waals surface area contributed by atoms with Gasteiger partial charge in [0.15, 0.2) is 0 Å². The standard InChI is InChI=1S/C11H17NOS/c1-9-6-10(12)8-11(7-9)14-5-3-4-13-2/h6-8H,3-5,12H2,1-2H3. The molecular formula is C11H17NOS. The highest BCUT2D eigenvalue weighted by atomic mass is 32.2. The molecule has 0 amide bonds. The summed E-state index contributed by atoms with van der Waals surface area (Å²) in [6, 6.07) is 6.16. The summed E-state index contributed by atoms with van der Waals surface area (Å²) in [5, 5.41) is 0. The molecule has 0 radical (unpaired) electrons. The minimum Gasteiger partial charge on any atom is -0.399 e. The van der Waals surface area contributed by atoms with Crippen LogP contribution in [0, 0.1) is 6.92 Å². The first-order valence-electron chi connectivity index (χ1n) is 4.71. The number of aryl methyl sites for hydroxylation is 1. The molecule has 2 nitrogen and oxygen atoms in total. The number of thioether (sulfide) groups is 1. The average Bonchev–Trinajstić information content (AvgIpc) is 2.11. The van der Waals surface area contributed by atoms with Crippen LogP contribution in [-0.2, 0) is 4.74 Å². The quantitative estimate of drug-likeness (QED) is 0.462. The average molecular weight is 211 g/mol. The van der Waals surface area contributed by atoms with Crippen molar-refractivity contribution in [3.05, 3.63) is 23.8 Å². The van der Waals surface area contributed by atoms with E-state index in [0.717, 1.165) is 24.5 Å². The predicted molar refractivity (Wildman–Crippen MR) is 62.8 cm³/mol. The van der Waals surface area contributed by atoms with Crippen LogP contribution in [0.4, 0.5) is 5.69 Å². The Balaban J connectivity index is 2.42. The number of rotatable bonds is 5. The van der Waals surface area contributed by atoms with Crippen molar-refractivity contribution in [3.63, 3.8) is 0 Å². The van der Waals surface area contributed by atoms with Gasteiger partial charge < -0.3 is 10.5 Å². The first kappa shape index (κ1) is 11.4. The molecule has 0 saturated heterocycles. The van der Waals surface area contributed by atoms with Crippen LogP contribution in [0.25, 0.3) is 0 Å². The Kier molecular flexibility index (Phi) is 4.84. The van der Waals surface area contributed by atoms with E-state index >= 15 is 0 Å². The summed E-state index contributed by atoms with van der Waals surface area (Å²) in [6.45, 7) is 2.89. The van der Waals surface area contributed by atoms with Crippen LogP contribution in [0.5, 0.6) is 0 Å². The number of hydrogen-bond acceptors (Lipinski definition) is 3. The summed E-state index contributed by atoms with van der Waals surface area (Å²) in [4.78, 5) is 1.25. The van der Waals surface area contributed by atoms with Crippen molar-refractivity contribution in [1.82, 2.24) is 0 Å². The minimum absolute atomic E-state index is 0.828. The van der Waals surface area contributed by atoms with Gasteiger partial charge in [0.2, 0.25) is 0 Å². The largest absolute Gasteiger partial charge is 0.399 e. The van der Waals surface area contributed by atoms with E-state index < -0.39 is 0 Å². The lowest BCUT2D eigenvalue weighted by atomic mass is 10.2. The first-order chi connectivity index (χ1) is 6.72. The SMILES string of the molecule is COCCCSc1cc(C)cc(N)c1. The molecule has 14 heavy (non-hydrogen) atoms. The molecule has 0 fully saturated rings. The smallest absolute Gasteiger partial charge is 0.0470 e. The lowest BCUT2D eigenvalue weighted by Gasteiger charge is -2.04. The lowest BCUT2D eigenvalue weighted by molar-refractivity contribution is 0.200. The van der Waals surface area contributed by atoms with E-state index in [4.69, 9.17) is 10.5 Å². The van der Waals surface area contributed by atoms with Crippen molar-refractivity contribution in [3.8, 4) is 0 Å². The van der Waals surface area contributed by atoms with E-state index in [1.807, 2.05) is 23.9 Å². The van der Waals surface area contributed by atoms with Gasteiger partial charge in [0.1, 0.15) is 0 Å². The zero-order valence-electron chi connectivity index (χ0n) is 8.75. The van der Waals surface area contributed by atoms with Crippen molar-refractivity contribution < 1.29 is 4.74 Å². The highest BCUT2D eigenvalue weighted by Gasteiger charge is 1.96. The fourth-order valence-electron chi connectivity index (χ4n) is 1.25.